The molecule has 0 aromatic heterocycles. The fourth-order valence-electron chi connectivity index (χ4n) is 2.28. The molecule has 134 valence electrons. The molecular weight excluding hydrogens is 340 g/mol. The molecule has 0 bridgehead atoms. The maximum Gasteiger partial charge on any atom is 0.243 e. The Hall–Kier alpha value is -2.22. The number of aliphatic hydroxyl groups is 1. The summed E-state index contributed by atoms with van der Waals surface area (Å²) in [4.78, 5) is 12.1. The van der Waals surface area contributed by atoms with E-state index in [9.17, 15) is 13.2 Å². The topological polar surface area (TPSA) is 86.7 Å². The van der Waals surface area contributed by atoms with Crippen LogP contribution in [0.5, 0.6) is 0 Å². The van der Waals surface area contributed by atoms with E-state index in [0.29, 0.717) is 0 Å². The van der Waals surface area contributed by atoms with E-state index in [4.69, 9.17) is 5.11 Å². The summed E-state index contributed by atoms with van der Waals surface area (Å²) in [7, 11) is -3.83. The molecule has 2 aromatic carbocycles. The summed E-state index contributed by atoms with van der Waals surface area (Å²) in [6, 6.07) is 15.6. The van der Waals surface area contributed by atoms with Gasteiger partial charge >= 0.3 is 0 Å². The fraction of sp³-hybridized carbons (Fsp3) is 0.278. The Kier molecular flexibility index (Phi) is 6.69. The number of carbonyl (C=O) groups excluding carboxylic acids is 1. The highest BCUT2D eigenvalue weighted by Crippen LogP contribution is 2.18. The minimum absolute atomic E-state index is 0.0859. The van der Waals surface area contributed by atoms with Crippen LogP contribution in [0.4, 0.5) is 0 Å². The highest BCUT2D eigenvalue weighted by molar-refractivity contribution is 7.89. The number of hydrogen-bond acceptors (Lipinski definition) is 4. The standard InChI is InChI=1S/C18H22N2O4S/c1-15-7-9-17(10-8-15)25(23,24)20(14-18(22)19-11-12-21)13-16-5-3-2-4-6-16/h2-10,21H,11-14H2,1H3,(H,19,22). The van der Waals surface area contributed by atoms with E-state index in [1.54, 1.807) is 12.1 Å². The lowest BCUT2D eigenvalue weighted by molar-refractivity contribution is -0.121. The quantitative estimate of drug-likeness (QED) is 0.741. The zero-order valence-corrected chi connectivity index (χ0v) is 14.9. The molecule has 0 aliphatic rings. The van der Waals surface area contributed by atoms with E-state index in [1.165, 1.54) is 12.1 Å². The molecule has 0 radical (unpaired) electrons. The summed E-state index contributed by atoms with van der Waals surface area (Å²) < 4.78 is 27.0. The molecule has 0 aliphatic carbocycles. The smallest absolute Gasteiger partial charge is 0.243 e. The number of amides is 1. The van der Waals surface area contributed by atoms with Gasteiger partial charge in [-0.3, -0.25) is 4.79 Å². The molecule has 0 fully saturated rings. The van der Waals surface area contributed by atoms with Crippen molar-refractivity contribution in [2.24, 2.45) is 0 Å². The zero-order valence-electron chi connectivity index (χ0n) is 14.1. The molecular formula is C18H22N2O4S. The second-order valence-electron chi connectivity index (χ2n) is 5.65. The summed E-state index contributed by atoms with van der Waals surface area (Å²) >= 11 is 0. The van der Waals surface area contributed by atoms with Crippen molar-refractivity contribution in [1.82, 2.24) is 9.62 Å². The Labute approximate surface area is 148 Å². The Morgan fingerprint density at radius 1 is 1.08 bits per heavy atom. The highest BCUT2D eigenvalue weighted by Gasteiger charge is 2.26. The van der Waals surface area contributed by atoms with Gasteiger partial charge in [0.05, 0.1) is 18.0 Å². The van der Waals surface area contributed by atoms with E-state index in [1.807, 2.05) is 37.3 Å². The van der Waals surface area contributed by atoms with Crippen molar-refractivity contribution in [2.45, 2.75) is 18.4 Å². The summed E-state index contributed by atoms with van der Waals surface area (Å²) in [6.45, 7) is 1.53. The van der Waals surface area contributed by atoms with Crippen LogP contribution in [-0.2, 0) is 21.4 Å². The molecule has 1 amide bonds. The van der Waals surface area contributed by atoms with Gasteiger partial charge in [0.15, 0.2) is 0 Å². The van der Waals surface area contributed by atoms with Crippen molar-refractivity contribution in [3.8, 4) is 0 Å². The van der Waals surface area contributed by atoms with Crippen LogP contribution in [0.2, 0.25) is 0 Å². The van der Waals surface area contributed by atoms with E-state index in [-0.39, 0.29) is 31.1 Å². The van der Waals surface area contributed by atoms with Crippen LogP contribution in [0.1, 0.15) is 11.1 Å². The van der Waals surface area contributed by atoms with Crippen molar-refractivity contribution < 1.29 is 18.3 Å². The van der Waals surface area contributed by atoms with Crippen molar-refractivity contribution in [2.75, 3.05) is 19.7 Å². The third-order valence-corrected chi connectivity index (χ3v) is 5.42. The van der Waals surface area contributed by atoms with Gasteiger partial charge in [-0.05, 0) is 24.6 Å². The molecule has 2 N–H and O–H groups in total. The first kappa shape index (κ1) is 19.1. The SMILES string of the molecule is Cc1ccc(S(=O)(=O)N(CC(=O)NCCO)Cc2ccccc2)cc1. The number of carbonyl (C=O) groups is 1. The third kappa shape index (κ3) is 5.38. The predicted octanol–water partition coefficient (Wildman–Crippen LogP) is 1.29. The van der Waals surface area contributed by atoms with Crippen LogP contribution in [0.15, 0.2) is 59.5 Å². The number of rotatable bonds is 8. The first-order valence-corrected chi connectivity index (χ1v) is 9.36. The molecule has 0 spiro atoms. The monoisotopic (exact) mass is 362 g/mol. The number of benzene rings is 2. The minimum Gasteiger partial charge on any atom is -0.395 e. The van der Waals surface area contributed by atoms with Gasteiger partial charge in [-0.1, -0.05) is 48.0 Å². The Morgan fingerprint density at radius 2 is 1.72 bits per heavy atom. The summed E-state index contributed by atoms with van der Waals surface area (Å²) in [6.07, 6.45) is 0. The van der Waals surface area contributed by atoms with Crippen LogP contribution < -0.4 is 5.32 Å². The number of sulfonamides is 1. The first-order chi connectivity index (χ1) is 11.9. The molecule has 0 atom stereocenters. The lowest BCUT2D eigenvalue weighted by atomic mass is 10.2. The maximum atomic E-state index is 13.0. The fourth-order valence-corrected chi connectivity index (χ4v) is 3.67. The molecule has 2 rings (SSSR count). The van der Waals surface area contributed by atoms with E-state index in [2.05, 4.69) is 5.32 Å². The number of aliphatic hydroxyl groups excluding tert-OH is 1. The normalized spacial score (nSPS) is 11.5. The number of nitrogens with one attached hydrogen (secondary N) is 1. The van der Waals surface area contributed by atoms with Gasteiger partial charge in [0.1, 0.15) is 0 Å². The average Bonchev–Trinajstić information content (AvgIpc) is 2.60. The molecule has 0 unspecified atom stereocenters. The van der Waals surface area contributed by atoms with Crippen LogP contribution in [0, 0.1) is 6.92 Å². The minimum atomic E-state index is -3.83. The van der Waals surface area contributed by atoms with Crippen LogP contribution in [-0.4, -0.2) is 43.4 Å². The first-order valence-electron chi connectivity index (χ1n) is 7.92. The molecule has 0 heterocycles. The van der Waals surface area contributed by atoms with E-state index >= 15 is 0 Å². The van der Waals surface area contributed by atoms with Gasteiger partial charge < -0.3 is 10.4 Å². The van der Waals surface area contributed by atoms with E-state index < -0.39 is 15.9 Å². The van der Waals surface area contributed by atoms with Gasteiger partial charge in [-0.15, -0.1) is 0 Å². The average molecular weight is 362 g/mol. The Bertz CT molecular complexity index is 790. The van der Waals surface area contributed by atoms with Gasteiger partial charge in [0.2, 0.25) is 15.9 Å². The second-order valence-corrected chi connectivity index (χ2v) is 7.58. The molecule has 7 heteroatoms. The molecule has 0 saturated carbocycles. The van der Waals surface area contributed by atoms with Gasteiger partial charge in [0.25, 0.3) is 0 Å². The largest absolute Gasteiger partial charge is 0.395 e. The molecule has 2 aromatic rings. The van der Waals surface area contributed by atoms with Gasteiger partial charge in [-0.2, -0.15) is 4.31 Å². The Morgan fingerprint density at radius 3 is 2.32 bits per heavy atom. The van der Waals surface area contributed by atoms with Gasteiger partial charge in [-0.25, -0.2) is 8.42 Å². The van der Waals surface area contributed by atoms with Crippen molar-refractivity contribution in [3.05, 3.63) is 65.7 Å². The lowest BCUT2D eigenvalue weighted by Crippen LogP contribution is -2.41. The second kappa shape index (κ2) is 8.75. The maximum absolute atomic E-state index is 13.0. The summed E-state index contributed by atoms with van der Waals surface area (Å²) in [5, 5.41) is 11.3. The van der Waals surface area contributed by atoms with E-state index in [0.717, 1.165) is 15.4 Å². The zero-order chi connectivity index (χ0) is 18.3. The number of hydrogen-bond donors (Lipinski definition) is 2. The number of aryl methyl sites for hydroxylation is 1. The molecule has 25 heavy (non-hydrogen) atoms. The van der Waals surface area contributed by atoms with Crippen LogP contribution in [0.3, 0.4) is 0 Å². The predicted molar refractivity (Wildman–Crippen MR) is 95.3 cm³/mol. The van der Waals surface area contributed by atoms with Crippen LogP contribution >= 0.6 is 0 Å². The third-order valence-electron chi connectivity index (χ3n) is 3.61. The van der Waals surface area contributed by atoms with Crippen LogP contribution in [0.25, 0.3) is 0 Å². The Balaban J connectivity index is 2.28. The molecule has 0 aliphatic heterocycles. The summed E-state index contributed by atoms with van der Waals surface area (Å²) in [5.41, 5.74) is 1.74. The number of nitrogens with zero attached hydrogens (tertiary/aromatic N) is 1. The lowest BCUT2D eigenvalue weighted by Gasteiger charge is -2.22. The summed E-state index contributed by atoms with van der Waals surface area (Å²) in [5.74, 6) is -0.458. The van der Waals surface area contributed by atoms with Gasteiger partial charge in [0, 0.05) is 13.1 Å². The van der Waals surface area contributed by atoms with Crippen molar-refractivity contribution >= 4 is 15.9 Å². The molecule has 0 saturated heterocycles. The molecule has 6 nitrogen and oxygen atoms in total. The van der Waals surface area contributed by atoms with Crippen molar-refractivity contribution in [1.29, 1.82) is 0 Å². The highest BCUT2D eigenvalue weighted by atomic mass is 32.2. The van der Waals surface area contributed by atoms with Crippen molar-refractivity contribution in [3.63, 3.8) is 0 Å².